The van der Waals surface area contributed by atoms with Crippen LogP contribution in [0.3, 0.4) is 0 Å². The van der Waals surface area contributed by atoms with Crippen molar-refractivity contribution in [2.75, 3.05) is 23.9 Å². The average Bonchev–Trinajstić information content (AvgIpc) is 2.62. The molecule has 0 N–H and O–H groups in total. The Balaban J connectivity index is 1.81. The molecule has 0 aliphatic heterocycles. The lowest BCUT2D eigenvalue weighted by Gasteiger charge is -2.19. The lowest BCUT2D eigenvalue weighted by molar-refractivity contribution is 1.02. The van der Waals surface area contributed by atoms with Gasteiger partial charge in [0.25, 0.3) is 0 Å². The van der Waals surface area contributed by atoms with Crippen LogP contribution in [0.15, 0.2) is 61.2 Å². The van der Waals surface area contributed by atoms with Gasteiger partial charge in [-0.25, -0.2) is 19.9 Å². The monoisotopic (exact) mass is 292 g/mol. The zero-order chi connectivity index (χ0) is 15.4. The number of rotatable bonds is 4. The first-order chi connectivity index (χ1) is 10.8. The van der Waals surface area contributed by atoms with E-state index in [-0.39, 0.29) is 0 Å². The van der Waals surface area contributed by atoms with Crippen LogP contribution in [0.5, 0.6) is 0 Å². The van der Waals surface area contributed by atoms with Gasteiger partial charge < -0.3 is 9.80 Å². The van der Waals surface area contributed by atoms with Crippen LogP contribution in [0.25, 0.3) is 0 Å². The first kappa shape index (κ1) is 13.9. The van der Waals surface area contributed by atoms with Crippen molar-refractivity contribution in [2.24, 2.45) is 0 Å². The molecule has 3 rings (SSSR count). The molecule has 3 aromatic heterocycles. The minimum Gasteiger partial charge on any atom is -0.313 e. The Morgan fingerprint density at radius 3 is 1.36 bits per heavy atom. The van der Waals surface area contributed by atoms with E-state index in [2.05, 4.69) is 19.9 Å². The fourth-order valence-electron chi connectivity index (χ4n) is 2.00. The highest BCUT2D eigenvalue weighted by Gasteiger charge is 2.10. The Morgan fingerprint density at radius 1 is 0.591 bits per heavy atom. The lowest BCUT2D eigenvalue weighted by Crippen LogP contribution is -2.16. The molecule has 0 spiro atoms. The summed E-state index contributed by atoms with van der Waals surface area (Å²) < 4.78 is 0. The Morgan fingerprint density at radius 2 is 1.05 bits per heavy atom. The predicted octanol–water partition coefficient (Wildman–Crippen LogP) is 2.80. The molecule has 0 saturated carbocycles. The van der Waals surface area contributed by atoms with Crippen LogP contribution in [-0.4, -0.2) is 34.0 Å². The third kappa shape index (κ3) is 2.85. The molecule has 0 unspecified atom stereocenters. The normalized spacial score (nSPS) is 10.3. The Hall–Kier alpha value is -3.02. The van der Waals surface area contributed by atoms with E-state index in [0.29, 0.717) is 0 Å². The minimum atomic E-state index is 0.733. The molecule has 0 aliphatic carbocycles. The Bertz CT molecular complexity index is 650. The largest absolute Gasteiger partial charge is 0.313 e. The maximum absolute atomic E-state index is 4.46. The van der Waals surface area contributed by atoms with Crippen molar-refractivity contribution in [1.82, 2.24) is 19.9 Å². The fraction of sp³-hybridized carbons (Fsp3) is 0.125. The predicted molar refractivity (Wildman–Crippen MR) is 86.6 cm³/mol. The van der Waals surface area contributed by atoms with Gasteiger partial charge in [0.15, 0.2) is 11.6 Å². The van der Waals surface area contributed by atoms with Crippen LogP contribution in [0.1, 0.15) is 0 Å². The lowest BCUT2D eigenvalue weighted by atomic mass is 10.4. The third-order valence-electron chi connectivity index (χ3n) is 3.30. The van der Waals surface area contributed by atoms with Crippen LogP contribution < -0.4 is 9.80 Å². The number of aromatic nitrogens is 4. The summed E-state index contributed by atoms with van der Waals surface area (Å²) in [5.74, 6) is 3.11. The topological polar surface area (TPSA) is 58.0 Å². The molecule has 6 nitrogen and oxygen atoms in total. The minimum absolute atomic E-state index is 0.733. The van der Waals surface area contributed by atoms with Crippen molar-refractivity contribution in [3.63, 3.8) is 0 Å². The van der Waals surface area contributed by atoms with E-state index in [1.165, 1.54) is 0 Å². The van der Waals surface area contributed by atoms with Crippen LogP contribution >= 0.6 is 0 Å². The van der Waals surface area contributed by atoms with E-state index in [0.717, 1.165) is 23.3 Å². The second-order valence-corrected chi connectivity index (χ2v) is 4.73. The summed E-state index contributed by atoms with van der Waals surface area (Å²) >= 11 is 0. The van der Waals surface area contributed by atoms with Gasteiger partial charge in [-0.1, -0.05) is 12.1 Å². The molecule has 0 aliphatic rings. The molecular formula is C16H16N6. The van der Waals surface area contributed by atoms with E-state index in [1.54, 1.807) is 24.8 Å². The third-order valence-corrected chi connectivity index (χ3v) is 3.30. The van der Waals surface area contributed by atoms with E-state index in [1.807, 2.05) is 60.3 Å². The van der Waals surface area contributed by atoms with Crippen LogP contribution in [0, 0.1) is 0 Å². The quantitative estimate of drug-likeness (QED) is 0.737. The summed E-state index contributed by atoms with van der Waals surface area (Å²) in [6.07, 6.45) is 6.96. The summed E-state index contributed by atoms with van der Waals surface area (Å²) in [6, 6.07) is 11.5. The smallest absolute Gasteiger partial charge is 0.152 e. The molecule has 0 fully saturated rings. The zero-order valence-corrected chi connectivity index (χ0v) is 12.5. The van der Waals surface area contributed by atoms with Crippen LogP contribution in [0.4, 0.5) is 23.3 Å². The molecule has 3 heterocycles. The van der Waals surface area contributed by atoms with Gasteiger partial charge in [-0.05, 0) is 24.3 Å². The first-order valence-electron chi connectivity index (χ1n) is 6.87. The van der Waals surface area contributed by atoms with Crippen molar-refractivity contribution in [3.05, 3.63) is 61.2 Å². The van der Waals surface area contributed by atoms with Crippen molar-refractivity contribution < 1.29 is 0 Å². The molecular weight excluding hydrogens is 276 g/mol. The molecule has 0 amide bonds. The molecule has 0 atom stereocenters. The molecule has 3 aromatic rings. The van der Waals surface area contributed by atoms with Gasteiger partial charge in [0.1, 0.15) is 11.6 Å². The van der Waals surface area contributed by atoms with E-state index < -0.39 is 0 Å². The number of pyridine rings is 2. The Labute approximate surface area is 129 Å². The number of anilines is 4. The molecule has 110 valence electrons. The number of nitrogens with zero attached hydrogens (tertiary/aromatic N) is 6. The Kier molecular flexibility index (Phi) is 3.91. The SMILES string of the molecule is CN(c1ccccn1)c1cnc(N(C)c2ccccn2)cn1. The average molecular weight is 292 g/mol. The molecule has 0 radical (unpaired) electrons. The molecule has 6 heteroatoms. The zero-order valence-electron chi connectivity index (χ0n) is 12.5. The van der Waals surface area contributed by atoms with Crippen molar-refractivity contribution in [3.8, 4) is 0 Å². The van der Waals surface area contributed by atoms with Gasteiger partial charge in [0, 0.05) is 26.5 Å². The second-order valence-electron chi connectivity index (χ2n) is 4.73. The van der Waals surface area contributed by atoms with Gasteiger partial charge in [0.2, 0.25) is 0 Å². The summed E-state index contributed by atoms with van der Waals surface area (Å²) in [5, 5.41) is 0. The first-order valence-corrected chi connectivity index (χ1v) is 6.87. The van der Waals surface area contributed by atoms with Gasteiger partial charge in [-0.15, -0.1) is 0 Å². The van der Waals surface area contributed by atoms with Crippen LogP contribution in [0.2, 0.25) is 0 Å². The molecule has 0 bridgehead atoms. The van der Waals surface area contributed by atoms with Crippen molar-refractivity contribution in [2.45, 2.75) is 0 Å². The molecule has 0 aromatic carbocycles. The standard InChI is InChI=1S/C16H16N6/c1-21(13-7-3-5-9-17-13)15-11-20-16(12-19-15)22(2)14-8-4-6-10-18-14/h3-12H,1-2H3. The maximum Gasteiger partial charge on any atom is 0.152 e. The summed E-state index contributed by atoms with van der Waals surface area (Å²) in [7, 11) is 3.82. The molecule has 22 heavy (non-hydrogen) atoms. The number of hydrogen-bond acceptors (Lipinski definition) is 6. The highest BCUT2D eigenvalue weighted by atomic mass is 15.3. The van der Waals surface area contributed by atoms with Crippen molar-refractivity contribution in [1.29, 1.82) is 0 Å². The van der Waals surface area contributed by atoms with Crippen molar-refractivity contribution >= 4 is 23.3 Å². The van der Waals surface area contributed by atoms with Crippen LogP contribution in [-0.2, 0) is 0 Å². The highest BCUT2D eigenvalue weighted by Crippen LogP contribution is 2.22. The van der Waals surface area contributed by atoms with E-state index >= 15 is 0 Å². The van der Waals surface area contributed by atoms with Gasteiger partial charge in [-0.2, -0.15) is 0 Å². The van der Waals surface area contributed by atoms with Gasteiger partial charge in [-0.3, -0.25) is 0 Å². The fourth-order valence-corrected chi connectivity index (χ4v) is 2.00. The van der Waals surface area contributed by atoms with E-state index in [9.17, 15) is 0 Å². The maximum atomic E-state index is 4.46. The summed E-state index contributed by atoms with van der Waals surface area (Å²) in [4.78, 5) is 21.3. The van der Waals surface area contributed by atoms with Gasteiger partial charge in [0.05, 0.1) is 12.4 Å². The van der Waals surface area contributed by atoms with E-state index in [4.69, 9.17) is 0 Å². The van der Waals surface area contributed by atoms with Gasteiger partial charge >= 0.3 is 0 Å². The highest BCUT2D eigenvalue weighted by molar-refractivity contribution is 5.57. The summed E-state index contributed by atoms with van der Waals surface area (Å²) in [6.45, 7) is 0. The summed E-state index contributed by atoms with van der Waals surface area (Å²) in [5.41, 5.74) is 0. The second kappa shape index (κ2) is 6.17. The molecule has 0 saturated heterocycles. The number of hydrogen-bond donors (Lipinski definition) is 0.